The van der Waals surface area contributed by atoms with Gasteiger partial charge in [-0.1, -0.05) is 0 Å². The monoisotopic (exact) mass is 286 g/mol. The van der Waals surface area contributed by atoms with E-state index >= 15 is 0 Å². The lowest BCUT2D eigenvalue weighted by Crippen LogP contribution is -2.46. The van der Waals surface area contributed by atoms with Gasteiger partial charge in [0.15, 0.2) is 0 Å². The topological polar surface area (TPSA) is 125 Å². The van der Waals surface area contributed by atoms with Gasteiger partial charge >= 0.3 is 5.69 Å². The third-order valence-electron chi connectivity index (χ3n) is 3.60. The van der Waals surface area contributed by atoms with E-state index in [0.29, 0.717) is 5.56 Å². The molecule has 0 spiro atoms. The Labute approximate surface area is 114 Å². The Hall–Kier alpha value is -1.48. The molecule has 2 rings (SSSR count). The number of aliphatic hydroxyl groups is 3. The predicted molar refractivity (Wildman–Crippen MR) is 68.4 cm³/mol. The molecule has 0 aromatic carbocycles. The van der Waals surface area contributed by atoms with Crippen LogP contribution in [0.5, 0.6) is 0 Å². The number of nitrogens with zero attached hydrogens (tertiary/aromatic N) is 1. The summed E-state index contributed by atoms with van der Waals surface area (Å²) >= 11 is 0. The average molecular weight is 286 g/mol. The smallest absolute Gasteiger partial charge is 0.328 e. The van der Waals surface area contributed by atoms with E-state index in [1.165, 1.54) is 17.7 Å². The Bertz CT molecular complexity index is 609. The van der Waals surface area contributed by atoms with E-state index in [0.717, 1.165) is 0 Å². The number of aromatic nitrogens is 2. The Balaban J connectivity index is 2.32. The normalized spacial score (nSPS) is 33.5. The number of rotatable bonds is 3. The Morgan fingerprint density at radius 1 is 1.45 bits per heavy atom. The maximum Gasteiger partial charge on any atom is 0.328 e. The van der Waals surface area contributed by atoms with Gasteiger partial charge in [-0.15, -0.1) is 0 Å². The highest BCUT2D eigenvalue weighted by Crippen LogP contribution is 2.32. The lowest BCUT2D eigenvalue weighted by molar-refractivity contribution is -0.0904. The van der Waals surface area contributed by atoms with Crippen LogP contribution in [0.4, 0.5) is 0 Å². The number of aryl methyl sites for hydroxylation is 1. The maximum absolute atomic E-state index is 11.7. The molecule has 0 bridgehead atoms. The molecule has 1 aromatic rings. The Morgan fingerprint density at radius 2 is 2.10 bits per heavy atom. The highest BCUT2D eigenvalue weighted by atomic mass is 16.6. The number of H-pyrrole nitrogens is 1. The molecule has 112 valence electrons. The SMILES string of the molecule is Cc1cn(C[C@]2(C)O[C@H](CO)[C@H](O)C2O)c(=O)[nH]c1=O. The minimum atomic E-state index is -1.25. The van der Waals surface area contributed by atoms with Crippen molar-refractivity contribution in [3.8, 4) is 0 Å². The van der Waals surface area contributed by atoms with E-state index in [-0.39, 0.29) is 6.54 Å². The van der Waals surface area contributed by atoms with Crippen LogP contribution in [0.2, 0.25) is 0 Å². The van der Waals surface area contributed by atoms with Crippen LogP contribution in [-0.4, -0.2) is 55.4 Å². The van der Waals surface area contributed by atoms with E-state index in [1.54, 1.807) is 6.92 Å². The van der Waals surface area contributed by atoms with E-state index in [2.05, 4.69) is 4.98 Å². The van der Waals surface area contributed by atoms with Gasteiger partial charge < -0.3 is 20.1 Å². The molecule has 1 unspecified atom stereocenters. The first-order chi connectivity index (χ1) is 9.28. The first-order valence-electron chi connectivity index (χ1n) is 6.23. The van der Waals surface area contributed by atoms with Crippen LogP contribution in [0.1, 0.15) is 12.5 Å². The molecule has 0 saturated carbocycles. The summed E-state index contributed by atoms with van der Waals surface area (Å²) in [5, 5.41) is 28.9. The summed E-state index contributed by atoms with van der Waals surface area (Å²) in [7, 11) is 0. The van der Waals surface area contributed by atoms with Gasteiger partial charge in [-0.05, 0) is 13.8 Å². The number of hydrogen-bond donors (Lipinski definition) is 4. The van der Waals surface area contributed by atoms with Crippen LogP contribution >= 0.6 is 0 Å². The average Bonchev–Trinajstić information content (AvgIpc) is 2.60. The fraction of sp³-hybridized carbons (Fsp3) is 0.667. The summed E-state index contributed by atoms with van der Waals surface area (Å²) in [6, 6.07) is 0. The van der Waals surface area contributed by atoms with Crippen LogP contribution in [0.25, 0.3) is 0 Å². The van der Waals surface area contributed by atoms with Gasteiger partial charge in [0.1, 0.15) is 23.9 Å². The van der Waals surface area contributed by atoms with Crippen molar-refractivity contribution in [3.63, 3.8) is 0 Å². The zero-order chi connectivity index (χ0) is 15.1. The Morgan fingerprint density at radius 3 is 2.65 bits per heavy atom. The fourth-order valence-corrected chi connectivity index (χ4v) is 2.40. The zero-order valence-electron chi connectivity index (χ0n) is 11.2. The second-order valence-electron chi connectivity index (χ2n) is 5.29. The minimum absolute atomic E-state index is 0.0574. The number of nitrogens with one attached hydrogen (secondary N) is 1. The van der Waals surface area contributed by atoms with Crippen LogP contribution in [0.3, 0.4) is 0 Å². The van der Waals surface area contributed by atoms with Gasteiger partial charge in [-0.3, -0.25) is 14.3 Å². The number of aromatic amines is 1. The quantitative estimate of drug-likeness (QED) is 0.496. The van der Waals surface area contributed by atoms with E-state index < -0.39 is 41.8 Å². The summed E-state index contributed by atoms with van der Waals surface area (Å²) in [5.74, 6) is 0. The van der Waals surface area contributed by atoms with Crippen LogP contribution < -0.4 is 11.2 Å². The van der Waals surface area contributed by atoms with Crippen LogP contribution in [0.15, 0.2) is 15.8 Å². The number of ether oxygens (including phenoxy) is 1. The van der Waals surface area contributed by atoms with Gasteiger partial charge in [0.05, 0.1) is 13.2 Å². The zero-order valence-corrected chi connectivity index (χ0v) is 11.2. The van der Waals surface area contributed by atoms with Gasteiger partial charge in [0.25, 0.3) is 5.56 Å². The van der Waals surface area contributed by atoms with Gasteiger partial charge in [-0.25, -0.2) is 4.79 Å². The molecule has 0 amide bonds. The molecule has 2 heterocycles. The first-order valence-corrected chi connectivity index (χ1v) is 6.23. The van der Waals surface area contributed by atoms with E-state index in [1.807, 2.05) is 0 Å². The molecule has 0 aliphatic carbocycles. The molecule has 8 heteroatoms. The molecule has 1 aliphatic heterocycles. The Kier molecular flexibility index (Phi) is 3.83. The van der Waals surface area contributed by atoms with Crippen LogP contribution in [-0.2, 0) is 11.3 Å². The molecule has 8 nitrogen and oxygen atoms in total. The van der Waals surface area contributed by atoms with Crippen molar-refractivity contribution in [2.45, 2.75) is 44.3 Å². The van der Waals surface area contributed by atoms with Crippen molar-refractivity contribution in [1.82, 2.24) is 9.55 Å². The minimum Gasteiger partial charge on any atom is -0.394 e. The molecular weight excluding hydrogens is 268 g/mol. The third-order valence-corrected chi connectivity index (χ3v) is 3.60. The summed E-state index contributed by atoms with van der Waals surface area (Å²) in [5.41, 5.74) is -1.99. The van der Waals surface area contributed by atoms with Crippen molar-refractivity contribution in [2.75, 3.05) is 6.61 Å². The molecule has 0 radical (unpaired) electrons. The lowest BCUT2D eigenvalue weighted by atomic mass is 9.96. The second-order valence-corrected chi connectivity index (χ2v) is 5.29. The van der Waals surface area contributed by atoms with E-state index in [9.17, 15) is 19.8 Å². The highest BCUT2D eigenvalue weighted by Gasteiger charge is 2.51. The van der Waals surface area contributed by atoms with Crippen molar-refractivity contribution in [2.24, 2.45) is 0 Å². The highest BCUT2D eigenvalue weighted by molar-refractivity contribution is 5.04. The molecule has 1 aliphatic rings. The molecule has 4 N–H and O–H groups in total. The standard InChI is InChI=1S/C12H18N2O6/c1-6-3-14(11(19)13-10(6)18)5-12(2)9(17)8(16)7(4-15)20-12/h3,7-9,15-17H,4-5H2,1-2H3,(H,13,18,19)/t7-,8+,9?,12+/m1/s1. The van der Waals surface area contributed by atoms with Crippen molar-refractivity contribution in [3.05, 3.63) is 32.6 Å². The molecule has 1 aromatic heterocycles. The molecule has 1 saturated heterocycles. The van der Waals surface area contributed by atoms with Crippen molar-refractivity contribution in [1.29, 1.82) is 0 Å². The molecular formula is C12H18N2O6. The van der Waals surface area contributed by atoms with Crippen LogP contribution in [0, 0.1) is 6.92 Å². The second kappa shape index (κ2) is 5.13. The number of hydrogen-bond acceptors (Lipinski definition) is 6. The maximum atomic E-state index is 11.7. The molecule has 1 fully saturated rings. The lowest BCUT2D eigenvalue weighted by Gasteiger charge is -2.28. The summed E-state index contributed by atoms with van der Waals surface area (Å²) < 4.78 is 6.65. The summed E-state index contributed by atoms with van der Waals surface area (Å²) in [4.78, 5) is 25.2. The largest absolute Gasteiger partial charge is 0.394 e. The van der Waals surface area contributed by atoms with Gasteiger partial charge in [0.2, 0.25) is 0 Å². The molecule has 20 heavy (non-hydrogen) atoms. The van der Waals surface area contributed by atoms with Gasteiger partial charge in [0, 0.05) is 11.8 Å². The fourth-order valence-electron chi connectivity index (χ4n) is 2.40. The summed E-state index contributed by atoms with van der Waals surface area (Å²) in [6.45, 7) is 2.59. The first kappa shape index (κ1) is 14.9. The number of aliphatic hydroxyl groups excluding tert-OH is 3. The van der Waals surface area contributed by atoms with Crippen molar-refractivity contribution < 1.29 is 20.1 Å². The molecule has 4 atom stereocenters. The predicted octanol–water partition coefficient (Wildman–Crippen LogP) is -2.28. The van der Waals surface area contributed by atoms with E-state index in [4.69, 9.17) is 9.84 Å². The van der Waals surface area contributed by atoms with Gasteiger partial charge in [-0.2, -0.15) is 0 Å². The van der Waals surface area contributed by atoms with Crippen molar-refractivity contribution >= 4 is 0 Å². The third kappa shape index (κ3) is 2.42. The summed E-state index contributed by atoms with van der Waals surface area (Å²) in [6.07, 6.45) is -2.03.